The van der Waals surface area contributed by atoms with E-state index in [0.717, 1.165) is 4.47 Å². The number of hydrogen-bond donors (Lipinski definition) is 1. The number of carbonyl (C=O) groups is 2. The third-order valence-electron chi connectivity index (χ3n) is 3.11. The zero-order chi connectivity index (χ0) is 16.2. The van der Waals surface area contributed by atoms with Crippen LogP contribution in [-0.4, -0.2) is 25.6 Å². The first-order valence-corrected chi connectivity index (χ1v) is 7.52. The number of nitrogens with one attached hydrogen (secondary N) is 1. The highest BCUT2D eigenvalue weighted by molar-refractivity contribution is 9.10. The number of ether oxygens (including phenoxy) is 3. The van der Waals surface area contributed by atoms with Gasteiger partial charge in [-0.05, 0) is 30.3 Å². The first kappa shape index (κ1) is 15.4. The van der Waals surface area contributed by atoms with Gasteiger partial charge in [0.1, 0.15) is 5.75 Å². The molecule has 7 heteroatoms. The van der Waals surface area contributed by atoms with Gasteiger partial charge in [-0.15, -0.1) is 0 Å². The van der Waals surface area contributed by atoms with Crippen molar-refractivity contribution in [2.45, 2.75) is 0 Å². The molecule has 0 saturated carbocycles. The highest BCUT2D eigenvalue weighted by Crippen LogP contribution is 2.34. The molecule has 0 saturated heterocycles. The van der Waals surface area contributed by atoms with Crippen LogP contribution in [0.5, 0.6) is 17.2 Å². The van der Waals surface area contributed by atoms with Gasteiger partial charge in [-0.25, -0.2) is 0 Å². The van der Waals surface area contributed by atoms with Gasteiger partial charge in [0.15, 0.2) is 24.4 Å². The van der Waals surface area contributed by atoms with Gasteiger partial charge in [0.05, 0.1) is 5.56 Å². The Morgan fingerprint density at radius 1 is 1.22 bits per heavy atom. The third-order valence-corrected chi connectivity index (χ3v) is 3.61. The average Bonchev–Trinajstić information content (AvgIpc) is 3.01. The molecule has 118 valence electrons. The smallest absolute Gasteiger partial charge is 0.262 e. The quantitative estimate of drug-likeness (QED) is 0.810. The molecule has 2 aromatic carbocycles. The normalized spacial score (nSPS) is 11.9. The summed E-state index contributed by atoms with van der Waals surface area (Å²) in [5, 5.41) is 2.69. The first-order valence-electron chi connectivity index (χ1n) is 6.73. The molecule has 1 aliphatic heterocycles. The fourth-order valence-electron chi connectivity index (χ4n) is 2.06. The fourth-order valence-corrected chi connectivity index (χ4v) is 2.44. The Balaban J connectivity index is 1.61. The molecule has 0 bridgehead atoms. The van der Waals surface area contributed by atoms with Crippen LogP contribution in [0, 0.1) is 0 Å². The second kappa shape index (κ2) is 6.70. The third kappa shape index (κ3) is 3.62. The van der Waals surface area contributed by atoms with Crippen molar-refractivity contribution in [3.05, 3.63) is 46.4 Å². The van der Waals surface area contributed by atoms with Gasteiger partial charge in [0.25, 0.3) is 5.91 Å². The lowest BCUT2D eigenvalue weighted by molar-refractivity contribution is -0.118. The number of amides is 1. The van der Waals surface area contributed by atoms with E-state index in [1.165, 1.54) is 0 Å². The van der Waals surface area contributed by atoms with Gasteiger partial charge in [-0.1, -0.05) is 15.9 Å². The molecule has 1 aliphatic rings. The Hall–Kier alpha value is -2.54. The minimum Gasteiger partial charge on any atom is -0.483 e. The molecule has 6 nitrogen and oxygen atoms in total. The number of anilines is 1. The maximum atomic E-state index is 11.9. The highest BCUT2D eigenvalue weighted by atomic mass is 79.9. The molecule has 0 atom stereocenters. The molecular formula is C16H12BrNO5. The van der Waals surface area contributed by atoms with E-state index in [0.29, 0.717) is 34.8 Å². The summed E-state index contributed by atoms with van der Waals surface area (Å²) >= 11 is 3.27. The van der Waals surface area contributed by atoms with E-state index < -0.39 is 0 Å². The molecule has 1 heterocycles. The van der Waals surface area contributed by atoms with E-state index in [9.17, 15) is 9.59 Å². The predicted octanol–water partition coefficient (Wildman–Crippen LogP) is 3.01. The van der Waals surface area contributed by atoms with Crippen LogP contribution in [0.25, 0.3) is 0 Å². The van der Waals surface area contributed by atoms with Crippen molar-refractivity contribution < 1.29 is 23.8 Å². The van der Waals surface area contributed by atoms with E-state index in [4.69, 9.17) is 14.2 Å². The van der Waals surface area contributed by atoms with Gasteiger partial charge in [-0.2, -0.15) is 0 Å². The number of fused-ring (bicyclic) bond motifs is 1. The largest absolute Gasteiger partial charge is 0.483 e. The predicted molar refractivity (Wildman–Crippen MR) is 86.2 cm³/mol. The van der Waals surface area contributed by atoms with Crippen molar-refractivity contribution >= 4 is 33.8 Å². The summed E-state index contributed by atoms with van der Waals surface area (Å²) in [6.45, 7) is -0.0369. The average molecular weight is 378 g/mol. The Kier molecular flexibility index (Phi) is 4.47. The lowest BCUT2D eigenvalue weighted by atomic mass is 10.2. The molecule has 23 heavy (non-hydrogen) atoms. The lowest BCUT2D eigenvalue weighted by Crippen LogP contribution is -2.20. The number of halogens is 1. The zero-order valence-corrected chi connectivity index (χ0v) is 13.5. The van der Waals surface area contributed by atoms with Crippen molar-refractivity contribution in [2.75, 3.05) is 18.7 Å². The van der Waals surface area contributed by atoms with Crippen LogP contribution >= 0.6 is 15.9 Å². The first-order chi connectivity index (χ1) is 11.2. The van der Waals surface area contributed by atoms with E-state index in [1.807, 2.05) is 0 Å². The molecule has 1 amide bonds. The van der Waals surface area contributed by atoms with Crippen LogP contribution in [0.1, 0.15) is 10.4 Å². The summed E-state index contributed by atoms with van der Waals surface area (Å²) < 4.78 is 16.6. The van der Waals surface area contributed by atoms with Gasteiger partial charge in [-0.3, -0.25) is 9.59 Å². The monoisotopic (exact) mass is 377 g/mol. The van der Waals surface area contributed by atoms with Gasteiger partial charge >= 0.3 is 0 Å². The van der Waals surface area contributed by atoms with Crippen molar-refractivity contribution in [1.82, 2.24) is 0 Å². The van der Waals surface area contributed by atoms with Crippen LogP contribution in [0.3, 0.4) is 0 Å². The minimum atomic E-state index is -0.344. The molecule has 0 aliphatic carbocycles. The maximum absolute atomic E-state index is 11.9. The van der Waals surface area contributed by atoms with E-state index in [2.05, 4.69) is 21.2 Å². The number of carbonyl (C=O) groups excluding carboxylic acids is 2. The lowest BCUT2D eigenvalue weighted by Gasteiger charge is -2.09. The van der Waals surface area contributed by atoms with E-state index in [1.54, 1.807) is 36.4 Å². The molecular weight excluding hydrogens is 366 g/mol. The Bertz CT molecular complexity index is 762. The van der Waals surface area contributed by atoms with Crippen LogP contribution in [0.15, 0.2) is 40.9 Å². The van der Waals surface area contributed by atoms with Crippen molar-refractivity contribution in [1.29, 1.82) is 0 Å². The van der Waals surface area contributed by atoms with Crippen LogP contribution in [-0.2, 0) is 4.79 Å². The second-order valence-corrected chi connectivity index (χ2v) is 5.62. The summed E-state index contributed by atoms with van der Waals surface area (Å²) in [5.74, 6) is 1.23. The van der Waals surface area contributed by atoms with Crippen molar-refractivity contribution in [3.63, 3.8) is 0 Å². The molecule has 0 aromatic heterocycles. The Labute approximate surface area is 140 Å². The molecule has 0 fully saturated rings. The van der Waals surface area contributed by atoms with Gasteiger partial charge < -0.3 is 19.5 Å². The number of benzene rings is 2. The van der Waals surface area contributed by atoms with Crippen LogP contribution in [0.4, 0.5) is 5.69 Å². The number of hydrogen-bond acceptors (Lipinski definition) is 5. The second-order valence-electron chi connectivity index (χ2n) is 4.70. The summed E-state index contributed by atoms with van der Waals surface area (Å²) in [6.07, 6.45) is 0.676. The molecule has 0 radical (unpaired) electrons. The molecule has 1 N–H and O–H groups in total. The topological polar surface area (TPSA) is 73.9 Å². The van der Waals surface area contributed by atoms with Crippen molar-refractivity contribution in [3.8, 4) is 17.2 Å². The Morgan fingerprint density at radius 3 is 2.87 bits per heavy atom. The van der Waals surface area contributed by atoms with Crippen molar-refractivity contribution in [2.24, 2.45) is 0 Å². The fraction of sp³-hybridized carbons (Fsp3) is 0.125. The standard InChI is InChI=1S/C16H12BrNO5/c17-11-1-3-13(10(5-11)7-19)21-8-16(20)18-12-2-4-14-15(6-12)23-9-22-14/h1-7H,8-9H2,(H,18,20). The van der Waals surface area contributed by atoms with E-state index >= 15 is 0 Å². The molecule has 2 aromatic rings. The maximum Gasteiger partial charge on any atom is 0.262 e. The van der Waals surface area contributed by atoms with Gasteiger partial charge in [0.2, 0.25) is 6.79 Å². The summed E-state index contributed by atoms with van der Waals surface area (Å²) in [7, 11) is 0. The summed E-state index contributed by atoms with van der Waals surface area (Å²) in [4.78, 5) is 22.9. The minimum absolute atomic E-state index is 0.174. The molecule has 0 unspecified atom stereocenters. The Morgan fingerprint density at radius 2 is 2.04 bits per heavy atom. The summed E-state index contributed by atoms with van der Waals surface area (Å²) in [5.41, 5.74) is 0.949. The highest BCUT2D eigenvalue weighted by Gasteiger charge is 2.14. The molecule has 3 rings (SSSR count). The number of aldehydes is 1. The van der Waals surface area contributed by atoms with Crippen LogP contribution in [0.2, 0.25) is 0 Å². The summed E-state index contributed by atoms with van der Waals surface area (Å²) in [6, 6.07) is 10.1. The number of rotatable bonds is 5. The van der Waals surface area contributed by atoms with Gasteiger partial charge in [0, 0.05) is 16.2 Å². The zero-order valence-electron chi connectivity index (χ0n) is 11.9. The SMILES string of the molecule is O=Cc1cc(Br)ccc1OCC(=O)Nc1ccc2c(c1)OCO2. The molecule has 0 spiro atoms. The van der Waals surface area contributed by atoms with Crippen LogP contribution < -0.4 is 19.5 Å². The van der Waals surface area contributed by atoms with E-state index in [-0.39, 0.29) is 19.3 Å².